The van der Waals surface area contributed by atoms with Crippen LogP contribution in [0.15, 0.2) is 72.8 Å². The molecule has 2 heterocycles. The number of benzene rings is 3. The maximum Gasteiger partial charge on any atom is 0.335 e. The van der Waals surface area contributed by atoms with Crippen LogP contribution in [0.25, 0.3) is 0 Å². The minimum atomic E-state index is -1.85. The Morgan fingerprint density at radius 1 is 0.881 bits per heavy atom. The fraction of sp³-hybridized carbons (Fsp3) is 0.333. The lowest BCUT2D eigenvalue weighted by molar-refractivity contribution is -0.271. The Bertz CT molecular complexity index is 1400. The van der Waals surface area contributed by atoms with Gasteiger partial charge in [-0.1, -0.05) is 24.3 Å². The molecular weight excluding hydrogens is 556 g/mol. The second-order valence-electron chi connectivity index (χ2n) is 10.3. The zero-order valence-electron chi connectivity index (χ0n) is 22.0. The van der Waals surface area contributed by atoms with Gasteiger partial charge >= 0.3 is 5.97 Å². The van der Waals surface area contributed by atoms with Gasteiger partial charge < -0.3 is 39.9 Å². The molecule has 0 saturated carbocycles. The molecule has 222 valence electrons. The van der Waals surface area contributed by atoms with Crippen molar-refractivity contribution in [2.24, 2.45) is 5.92 Å². The molecule has 3 aromatic carbocycles. The average Bonchev–Trinajstić information content (AvgIpc) is 2.97. The van der Waals surface area contributed by atoms with Gasteiger partial charge in [0, 0.05) is 5.69 Å². The lowest BCUT2D eigenvalue weighted by Gasteiger charge is -2.48. The number of carbonyl (C=O) groups is 2. The van der Waals surface area contributed by atoms with E-state index < -0.39 is 66.4 Å². The zero-order chi connectivity index (χ0) is 30.1. The number of carboxylic acids is 1. The molecule has 2 aliphatic rings. The summed E-state index contributed by atoms with van der Waals surface area (Å²) in [6.45, 7) is 0. The number of carbonyl (C=O) groups excluding carboxylic acids is 1. The Kier molecular flexibility index (Phi) is 8.53. The summed E-state index contributed by atoms with van der Waals surface area (Å²) >= 11 is 0. The van der Waals surface area contributed by atoms with E-state index in [0.29, 0.717) is 23.2 Å². The molecule has 8 atom stereocenters. The first-order chi connectivity index (χ1) is 20.0. The maximum absolute atomic E-state index is 13.6. The number of halogens is 2. The Balaban J connectivity index is 1.34. The third-order valence-electron chi connectivity index (χ3n) is 7.61. The van der Waals surface area contributed by atoms with Crippen LogP contribution < -0.4 is 9.64 Å². The Hall–Kier alpha value is -3.94. The summed E-state index contributed by atoms with van der Waals surface area (Å²) in [7, 11) is 0. The van der Waals surface area contributed by atoms with Crippen molar-refractivity contribution < 1.29 is 53.4 Å². The van der Waals surface area contributed by atoms with Gasteiger partial charge in [-0.2, -0.15) is 0 Å². The van der Waals surface area contributed by atoms with Gasteiger partial charge in [0.25, 0.3) is 0 Å². The molecule has 2 fully saturated rings. The van der Waals surface area contributed by atoms with Gasteiger partial charge in [0.1, 0.15) is 35.7 Å². The van der Waals surface area contributed by atoms with Crippen LogP contribution in [0.2, 0.25) is 0 Å². The van der Waals surface area contributed by atoms with E-state index in [9.17, 15) is 43.9 Å². The van der Waals surface area contributed by atoms with E-state index >= 15 is 0 Å². The van der Waals surface area contributed by atoms with Crippen LogP contribution in [-0.4, -0.2) is 68.1 Å². The molecule has 5 N–H and O–H groups in total. The first-order valence-electron chi connectivity index (χ1n) is 13.3. The fourth-order valence-electron chi connectivity index (χ4n) is 5.32. The topological polar surface area (TPSA) is 157 Å². The van der Waals surface area contributed by atoms with Crippen molar-refractivity contribution in [1.82, 2.24) is 0 Å². The molecule has 2 aliphatic heterocycles. The SMILES string of the molecule is O=C(O)[C@H]1O[C@@H](Oc2ccc([C@@H]3[C@H](CC[C@H](O)c4ccc(F)cc4)C(=O)N3c3ccc(F)cc3)cc2)[C@H](O)[C@@H](O)[C@@H]1O. The predicted octanol–water partition coefficient (Wildman–Crippen LogP) is 2.45. The second kappa shape index (κ2) is 12.1. The standard InChI is InChI=1S/C30H29F2NO9/c31-17-5-1-15(2-6-17)22(34)14-13-21-23(33(28(21)38)19-9-7-18(32)8-10-19)16-3-11-20(12-4-16)41-30-26(37)24(35)25(36)27(42-30)29(39)40/h1-12,21-27,30,34-37H,13-14H2,(H,39,40)/t21-,22-,23+,24-,25-,26+,27-,30+/m0/s1. The monoisotopic (exact) mass is 585 g/mol. The van der Waals surface area contributed by atoms with E-state index in [1.54, 1.807) is 12.1 Å². The van der Waals surface area contributed by atoms with Gasteiger partial charge in [-0.05, 0) is 72.5 Å². The molecule has 1 amide bonds. The van der Waals surface area contributed by atoms with Crippen LogP contribution in [0.5, 0.6) is 5.75 Å². The number of carboxylic acid groups (broad SMARTS) is 1. The van der Waals surface area contributed by atoms with Crippen LogP contribution in [0.3, 0.4) is 0 Å². The van der Waals surface area contributed by atoms with Gasteiger partial charge in [0.2, 0.25) is 12.2 Å². The number of hydrogen-bond acceptors (Lipinski definition) is 8. The van der Waals surface area contributed by atoms with Gasteiger partial charge in [0.05, 0.1) is 18.1 Å². The summed E-state index contributed by atoms with van der Waals surface area (Å²) < 4.78 is 37.6. The Morgan fingerprint density at radius 3 is 2.07 bits per heavy atom. The molecule has 3 aromatic rings. The number of hydrogen-bond donors (Lipinski definition) is 5. The van der Waals surface area contributed by atoms with E-state index in [4.69, 9.17) is 9.47 Å². The molecule has 2 saturated heterocycles. The lowest BCUT2D eigenvalue weighted by atomic mass is 9.78. The van der Waals surface area contributed by atoms with E-state index in [1.165, 1.54) is 65.6 Å². The van der Waals surface area contributed by atoms with Gasteiger partial charge in [-0.15, -0.1) is 0 Å². The van der Waals surface area contributed by atoms with Gasteiger partial charge in [-0.3, -0.25) is 4.79 Å². The molecule has 5 rings (SSSR count). The van der Waals surface area contributed by atoms with Crippen molar-refractivity contribution in [3.05, 3.63) is 95.6 Å². The highest BCUT2D eigenvalue weighted by Crippen LogP contribution is 2.46. The first kappa shape index (κ1) is 29.5. The number of aliphatic hydroxyl groups is 4. The smallest absolute Gasteiger partial charge is 0.335 e. The molecule has 0 spiro atoms. The molecule has 10 nitrogen and oxygen atoms in total. The summed E-state index contributed by atoms with van der Waals surface area (Å²) in [5.74, 6) is -3.03. The molecular formula is C30H29F2NO9. The maximum atomic E-state index is 13.6. The largest absolute Gasteiger partial charge is 0.479 e. The van der Waals surface area contributed by atoms with Crippen molar-refractivity contribution in [2.75, 3.05) is 4.90 Å². The van der Waals surface area contributed by atoms with E-state index in [0.717, 1.165) is 0 Å². The Morgan fingerprint density at radius 2 is 1.48 bits per heavy atom. The molecule has 12 heteroatoms. The number of nitrogens with zero attached hydrogens (tertiary/aromatic N) is 1. The number of aliphatic carboxylic acids is 1. The second-order valence-corrected chi connectivity index (χ2v) is 10.3. The van der Waals surface area contributed by atoms with Crippen LogP contribution >= 0.6 is 0 Å². The number of β-lactam (4-membered cyclic amide) rings is 1. The van der Waals surface area contributed by atoms with Crippen molar-refractivity contribution >= 4 is 17.6 Å². The van der Waals surface area contributed by atoms with Crippen molar-refractivity contribution in [3.8, 4) is 5.75 Å². The van der Waals surface area contributed by atoms with Crippen LogP contribution in [0.4, 0.5) is 14.5 Å². The third-order valence-corrected chi connectivity index (χ3v) is 7.61. The molecule has 0 radical (unpaired) electrons. The van der Waals surface area contributed by atoms with Gasteiger partial charge in [0.15, 0.2) is 6.10 Å². The zero-order valence-corrected chi connectivity index (χ0v) is 22.0. The van der Waals surface area contributed by atoms with Crippen LogP contribution in [0, 0.1) is 17.6 Å². The van der Waals surface area contributed by atoms with E-state index in [1.807, 2.05) is 0 Å². The quantitative estimate of drug-likeness (QED) is 0.238. The van der Waals surface area contributed by atoms with E-state index in [2.05, 4.69) is 0 Å². The fourth-order valence-corrected chi connectivity index (χ4v) is 5.32. The molecule has 0 aromatic heterocycles. The minimum Gasteiger partial charge on any atom is -0.479 e. The number of anilines is 1. The first-order valence-corrected chi connectivity index (χ1v) is 13.3. The normalized spacial score (nSPS) is 28.2. The average molecular weight is 586 g/mol. The predicted molar refractivity (Wildman–Crippen MR) is 142 cm³/mol. The van der Waals surface area contributed by atoms with E-state index in [-0.39, 0.29) is 18.1 Å². The van der Waals surface area contributed by atoms with Crippen molar-refractivity contribution in [2.45, 2.75) is 55.7 Å². The molecule has 42 heavy (non-hydrogen) atoms. The molecule has 0 aliphatic carbocycles. The number of amides is 1. The summed E-state index contributed by atoms with van der Waals surface area (Å²) in [5.41, 5.74) is 1.68. The molecule has 0 unspecified atom stereocenters. The highest BCUT2D eigenvalue weighted by atomic mass is 19.1. The number of rotatable bonds is 9. The third kappa shape index (κ3) is 5.85. The van der Waals surface area contributed by atoms with Crippen LogP contribution in [0.1, 0.15) is 36.1 Å². The Labute approximate surface area is 239 Å². The van der Waals surface area contributed by atoms with Gasteiger partial charge in [-0.25, -0.2) is 13.6 Å². The highest BCUT2D eigenvalue weighted by molar-refractivity contribution is 6.03. The summed E-state index contributed by atoms with van der Waals surface area (Å²) in [4.78, 5) is 26.2. The molecule has 0 bridgehead atoms. The van der Waals surface area contributed by atoms with Crippen molar-refractivity contribution in [1.29, 1.82) is 0 Å². The lowest BCUT2D eigenvalue weighted by Crippen LogP contribution is -2.61. The van der Waals surface area contributed by atoms with Crippen molar-refractivity contribution in [3.63, 3.8) is 0 Å². The number of ether oxygens (including phenoxy) is 2. The van der Waals surface area contributed by atoms with Crippen LogP contribution in [-0.2, 0) is 14.3 Å². The minimum absolute atomic E-state index is 0.151. The summed E-state index contributed by atoms with van der Waals surface area (Å²) in [5, 5.41) is 50.0. The number of aliphatic hydroxyl groups excluding tert-OH is 4. The summed E-state index contributed by atoms with van der Waals surface area (Å²) in [6.07, 6.45) is -9.19. The highest BCUT2D eigenvalue weighted by Gasteiger charge is 2.49. The summed E-state index contributed by atoms with van der Waals surface area (Å²) in [6, 6.07) is 16.8.